The molecular weight excluding hydrogens is 424 g/mol. The molecule has 2 aromatic carbocycles. The molecule has 6 nitrogen and oxygen atoms in total. The third-order valence-electron chi connectivity index (χ3n) is 3.64. The maximum Gasteiger partial charge on any atom is 0.282 e. The number of amides is 2. The molecule has 0 spiro atoms. The predicted octanol–water partition coefficient (Wildman–Crippen LogP) is 3.67. The summed E-state index contributed by atoms with van der Waals surface area (Å²) in [5, 5.41) is 11.1. The van der Waals surface area contributed by atoms with E-state index in [1.54, 1.807) is 31.2 Å². The van der Waals surface area contributed by atoms with Crippen molar-refractivity contribution >= 4 is 51.1 Å². The van der Waals surface area contributed by atoms with Crippen LogP contribution in [0.3, 0.4) is 0 Å². The van der Waals surface area contributed by atoms with Gasteiger partial charge in [-0.3, -0.25) is 15.0 Å². The van der Waals surface area contributed by atoms with Crippen LogP contribution >= 0.6 is 27.5 Å². The van der Waals surface area contributed by atoms with Crippen LogP contribution < -0.4 is 15.2 Å². The summed E-state index contributed by atoms with van der Waals surface area (Å²) in [6.07, 6.45) is 1.41. The second-order valence-corrected chi connectivity index (χ2v) is 6.72. The van der Waals surface area contributed by atoms with E-state index in [4.69, 9.17) is 16.3 Å². The Hall–Kier alpha value is -2.51. The van der Waals surface area contributed by atoms with Gasteiger partial charge in [-0.15, -0.1) is 0 Å². The lowest BCUT2D eigenvalue weighted by Gasteiger charge is -2.14. The Kier molecular flexibility index (Phi) is 5.20. The van der Waals surface area contributed by atoms with Crippen LogP contribution in [0.15, 0.2) is 46.4 Å². The fourth-order valence-electron chi connectivity index (χ4n) is 2.44. The van der Waals surface area contributed by atoms with Crippen molar-refractivity contribution in [3.05, 3.63) is 57.0 Å². The molecule has 3 rings (SSSR count). The van der Waals surface area contributed by atoms with Crippen molar-refractivity contribution in [1.29, 1.82) is 0 Å². The van der Waals surface area contributed by atoms with Crippen molar-refractivity contribution in [3.8, 4) is 11.5 Å². The molecule has 2 amide bonds. The number of aromatic hydroxyl groups is 1. The largest absolute Gasteiger partial charge is 0.503 e. The van der Waals surface area contributed by atoms with Gasteiger partial charge in [0.1, 0.15) is 5.57 Å². The van der Waals surface area contributed by atoms with Gasteiger partial charge >= 0.3 is 0 Å². The molecule has 1 fully saturated rings. The summed E-state index contributed by atoms with van der Waals surface area (Å²) >= 11 is 9.31. The molecule has 1 saturated heterocycles. The molecule has 0 radical (unpaired) electrons. The molecule has 0 saturated carbocycles. The molecule has 26 heavy (non-hydrogen) atoms. The summed E-state index contributed by atoms with van der Waals surface area (Å²) < 4.78 is 6.17. The minimum absolute atomic E-state index is 0.0443. The van der Waals surface area contributed by atoms with E-state index in [2.05, 4.69) is 21.4 Å². The quantitative estimate of drug-likeness (QED) is 0.565. The Morgan fingerprint density at radius 2 is 1.96 bits per heavy atom. The van der Waals surface area contributed by atoms with Crippen molar-refractivity contribution in [3.63, 3.8) is 0 Å². The average molecular weight is 438 g/mol. The molecule has 0 unspecified atom stereocenters. The van der Waals surface area contributed by atoms with E-state index >= 15 is 0 Å². The van der Waals surface area contributed by atoms with Crippen LogP contribution in [-0.4, -0.2) is 23.5 Å². The number of phenols is 1. The minimum atomic E-state index is -0.528. The second-order valence-electron chi connectivity index (χ2n) is 5.40. The van der Waals surface area contributed by atoms with Crippen LogP contribution in [0, 0.1) is 0 Å². The van der Waals surface area contributed by atoms with E-state index in [0.717, 1.165) is 4.47 Å². The molecular formula is C18H14BrClN2O4. The number of nitrogens with one attached hydrogen (secondary N) is 1. The van der Waals surface area contributed by atoms with Gasteiger partial charge in [-0.25, -0.2) is 5.01 Å². The number of nitrogens with zero attached hydrogens (tertiary/aromatic N) is 1. The fraction of sp³-hybridized carbons (Fsp3) is 0.111. The van der Waals surface area contributed by atoms with Gasteiger partial charge in [0.25, 0.3) is 11.8 Å². The number of phenolic OH excluding ortho intramolecular Hbond substituents is 1. The highest BCUT2D eigenvalue weighted by atomic mass is 79.9. The smallest absolute Gasteiger partial charge is 0.282 e. The number of hydrogen-bond acceptors (Lipinski definition) is 4. The highest BCUT2D eigenvalue weighted by Crippen LogP contribution is 2.36. The van der Waals surface area contributed by atoms with E-state index in [1.807, 2.05) is 0 Å². The first kappa shape index (κ1) is 18.3. The van der Waals surface area contributed by atoms with E-state index < -0.39 is 11.8 Å². The first-order valence-electron chi connectivity index (χ1n) is 7.68. The number of carbonyl (C=O) groups is 2. The molecule has 134 valence electrons. The SMILES string of the molecule is CCOc1cc(/C=C2/C(=O)NN(c3ccc(Br)cc3)C2=O)cc(Cl)c1O. The van der Waals surface area contributed by atoms with Crippen molar-refractivity contribution in [2.75, 3.05) is 11.6 Å². The number of rotatable bonds is 4. The molecule has 0 aliphatic carbocycles. The highest BCUT2D eigenvalue weighted by molar-refractivity contribution is 9.10. The topological polar surface area (TPSA) is 78.9 Å². The van der Waals surface area contributed by atoms with E-state index in [1.165, 1.54) is 23.2 Å². The molecule has 0 bridgehead atoms. The molecule has 0 atom stereocenters. The van der Waals surface area contributed by atoms with Crippen LogP contribution in [0.5, 0.6) is 11.5 Å². The third kappa shape index (κ3) is 3.54. The van der Waals surface area contributed by atoms with Crippen molar-refractivity contribution in [1.82, 2.24) is 5.43 Å². The summed E-state index contributed by atoms with van der Waals surface area (Å²) in [7, 11) is 0. The Morgan fingerprint density at radius 1 is 1.27 bits per heavy atom. The van der Waals surface area contributed by atoms with Gasteiger partial charge in [0.05, 0.1) is 17.3 Å². The zero-order chi connectivity index (χ0) is 18.8. The van der Waals surface area contributed by atoms with Crippen molar-refractivity contribution < 1.29 is 19.4 Å². The normalized spacial score (nSPS) is 15.5. The lowest BCUT2D eigenvalue weighted by molar-refractivity contribution is -0.117. The number of carbonyl (C=O) groups excluding carboxylic acids is 2. The second kappa shape index (κ2) is 7.39. The number of anilines is 1. The fourth-order valence-corrected chi connectivity index (χ4v) is 2.92. The molecule has 1 heterocycles. The van der Waals surface area contributed by atoms with E-state index in [9.17, 15) is 14.7 Å². The van der Waals surface area contributed by atoms with Crippen LogP contribution in [-0.2, 0) is 9.59 Å². The van der Waals surface area contributed by atoms with Gasteiger partial charge in [-0.05, 0) is 55.0 Å². The Bertz CT molecular complexity index is 912. The van der Waals surface area contributed by atoms with E-state index in [-0.39, 0.29) is 22.1 Å². The molecule has 1 aliphatic rings. The first-order chi connectivity index (χ1) is 12.4. The number of hydrogen-bond donors (Lipinski definition) is 2. The summed E-state index contributed by atoms with van der Waals surface area (Å²) in [4.78, 5) is 24.9. The van der Waals surface area contributed by atoms with E-state index in [0.29, 0.717) is 17.9 Å². The predicted molar refractivity (Wildman–Crippen MR) is 102 cm³/mol. The zero-order valence-corrected chi connectivity index (χ0v) is 16.0. The molecule has 2 N–H and O–H groups in total. The summed E-state index contributed by atoms with van der Waals surface area (Å²) in [6, 6.07) is 9.91. The number of hydrazine groups is 1. The molecule has 0 aromatic heterocycles. The Morgan fingerprint density at radius 3 is 2.62 bits per heavy atom. The summed E-state index contributed by atoms with van der Waals surface area (Å²) in [5.74, 6) is -1.02. The van der Waals surface area contributed by atoms with Gasteiger partial charge in [0.2, 0.25) is 0 Å². The van der Waals surface area contributed by atoms with Crippen molar-refractivity contribution in [2.45, 2.75) is 6.92 Å². The Balaban J connectivity index is 1.95. The summed E-state index contributed by atoms with van der Waals surface area (Å²) in [6.45, 7) is 2.10. The highest BCUT2D eigenvalue weighted by Gasteiger charge is 2.34. The number of halogens is 2. The van der Waals surface area contributed by atoms with Crippen LogP contribution in [0.2, 0.25) is 5.02 Å². The van der Waals surface area contributed by atoms with Crippen LogP contribution in [0.25, 0.3) is 6.08 Å². The molecule has 1 aliphatic heterocycles. The number of benzene rings is 2. The number of ether oxygens (including phenoxy) is 1. The van der Waals surface area contributed by atoms with Gasteiger partial charge < -0.3 is 9.84 Å². The maximum absolute atomic E-state index is 12.6. The van der Waals surface area contributed by atoms with Gasteiger partial charge in [0.15, 0.2) is 11.5 Å². The average Bonchev–Trinajstić information content (AvgIpc) is 2.88. The lowest BCUT2D eigenvalue weighted by atomic mass is 10.1. The van der Waals surface area contributed by atoms with Gasteiger partial charge in [0, 0.05) is 4.47 Å². The zero-order valence-electron chi connectivity index (χ0n) is 13.6. The standard InChI is InChI=1S/C18H14BrClN2O4/c1-2-26-15-9-10(8-14(20)16(15)23)7-13-17(24)21-22(18(13)25)12-5-3-11(19)4-6-12/h3-9,23H,2H2,1H3,(H,21,24)/b13-7-. The lowest BCUT2D eigenvalue weighted by Crippen LogP contribution is -2.35. The van der Waals surface area contributed by atoms with Gasteiger partial charge in [-0.1, -0.05) is 27.5 Å². The molecule has 2 aromatic rings. The summed E-state index contributed by atoms with van der Waals surface area (Å²) in [5.41, 5.74) is 3.48. The van der Waals surface area contributed by atoms with Crippen LogP contribution in [0.4, 0.5) is 5.69 Å². The van der Waals surface area contributed by atoms with Gasteiger partial charge in [-0.2, -0.15) is 0 Å². The van der Waals surface area contributed by atoms with Crippen molar-refractivity contribution in [2.24, 2.45) is 0 Å². The maximum atomic E-state index is 12.6. The first-order valence-corrected chi connectivity index (χ1v) is 8.85. The van der Waals surface area contributed by atoms with Crippen LogP contribution in [0.1, 0.15) is 12.5 Å². The molecule has 8 heteroatoms. The Labute approximate surface area is 163 Å². The third-order valence-corrected chi connectivity index (χ3v) is 4.45. The monoisotopic (exact) mass is 436 g/mol. The minimum Gasteiger partial charge on any atom is -0.503 e.